The van der Waals surface area contributed by atoms with E-state index in [0.29, 0.717) is 19.3 Å². The Hall–Kier alpha value is -1.84. The fourth-order valence-electron chi connectivity index (χ4n) is 2.22. The molecule has 1 atom stereocenters. The number of carbonyl (C=O) groups excluding carboxylic acids is 2. The van der Waals surface area contributed by atoms with E-state index in [1.54, 1.807) is 7.11 Å². The topological polar surface area (TPSA) is 55.4 Å². The third-order valence-electron chi connectivity index (χ3n) is 3.37. The molecule has 0 aliphatic carbocycles. The van der Waals surface area contributed by atoms with Crippen LogP contribution in [0.2, 0.25) is 0 Å². The van der Waals surface area contributed by atoms with Crippen molar-refractivity contribution in [2.75, 3.05) is 7.11 Å². The molecule has 0 bridgehead atoms. The lowest BCUT2D eigenvalue weighted by Gasteiger charge is -2.21. The van der Waals surface area contributed by atoms with Gasteiger partial charge in [-0.2, -0.15) is 0 Å². The highest BCUT2D eigenvalue weighted by atomic mass is 16.5. The first-order chi connectivity index (χ1) is 8.60. The van der Waals surface area contributed by atoms with Crippen LogP contribution in [0.5, 0.6) is 5.75 Å². The molecular formula is C14H17NO3. The Balaban J connectivity index is 2.09. The summed E-state index contributed by atoms with van der Waals surface area (Å²) >= 11 is 0. The molecule has 0 radical (unpaired) electrons. The number of aryl methyl sites for hydroxylation is 1. The summed E-state index contributed by atoms with van der Waals surface area (Å²) in [6, 6.07) is 5.84. The fraction of sp³-hybridized carbons (Fsp3) is 0.429. The van der Waals surface area contributed by atoms with Crippen LogP contribution in [-0.4, -0.2) is 18.9 Å². The Morgan fingerprint density at radius 1 is 1.39 bits per heavy atom. The van der Waals surface area contributed by atoms with Crippen molar-refractivity contribution in [1.82, 2.24) is 5.32 Å². The Morgan fingerprint density at radius 2 is 2.17 bits per heavy atom. The number of hydrogen-bond donors (Lipinski definition) is 1. The minimum atomic E-state index is -0.164. The van der Waals surface area contributed by atoms with Crippen LogP contribution in [0.15, 0.2) is 18.2 Å². The van der Waals surface area contributed by atoms with Crippen molar-refractivity contribution >= 4 is 11.8 Å². The van der Waals surface area contributed by atoms with Gasteiger partial charge in [0.1, 0.15) is 5.75 Å². The highest BCUT2D eigenvalue weighted by molar-refractivity contribution is 5.98. The lowest BCUT2D eigenvalue weighted by atomic mass is 9.89. The molecule has 1 unspecified atom stereocenters. The van der Waals surface area contributed by atoms with E-state index in [9.17, 15) is 9.59 Å². The molecule has 4 heteroatoms. The molecule has 0 saturated carbocycles. The minimum absolute atomic E-state index is 0.102. The number of hydrogen-bond acceptors (Lipinski definition) is 3. The third kappa shape index (κ3) is 2.70. The molecule has 96 valence electrons. The SMILES string of the molecule is COc1ccc(CC2CCC(=O)NC2=O)c(C)c1. The average molecular weight is 247 g/mol. The monoisotopic (exact) mass is 247 g/mol. The molecule has 1 saturated heterocycles. The second-order valence-electron chi connectivity index (χ2n) is 4.64. The Kier molecular flexibility index (Phi) is 3.65. The van der Waals surface area contributed by atoms with Crippen molar-refractivity contribution in [2.45, 2.75) is 26.2 Å². The molecule has 1 fully saturated rings. The molecule has 1 aromatic carbocycles. The zero-order valence-electron chi connectivity index (χ0n) is 10.7. The standard InChI is InChI=1S/C14H17NO3/c1-9-7-12(18-2)5-3-10(9)8-11-4-6-13(16)15-14(11)17/h3,5,7,11H,4,6,8H2,1-2H3,(H,15,16,17). The maximum atomic E-state index is 11.7. The number of amides is 2. The van der Waals surface area contributed by atoms with Crippen LogP contribution < -0.4 is 10.1 Å². The predicted octanol–water partition coefficient (Wildman–Crippen LogP) is 1.60. The molecule has 4 nitrogen and oxygen atoms in total. The average Bonchev–Trinajstić information content (AvgIpc) is 2.34. The summed E-state index contributed by atoms with van der Waals surface area (Å²) < 4.78 is 5.15. The molecule has 1 N–H and O–H groups in total. The largest absolute Gasteiger partial charge is 0.497 e. The predicted molar refractivity (Wildman–Crippen MR) is 67.3 cm³/mol. The molecule has 0 aromatic heterocycles. The van der Waals surface area contributed by atoms with Crippen molar-refractivity contribution < 1.29 is 14.3 Å². The summed E-state index contributed by atoms with van der Waals surface area (Å²) in [5.74, 6) is 0.401. The first kappa shape index (κ1) is 12.6. The molecule has 0 spiro atoms. The summed E-state index contributed by atoms with van der Waals surface area (Å²) in [6.07, 6.45) is 1.75. The summed E-state index contributed by atoms with van der Waals surface area (Å²) in [6.45, 7) is 2.00. The van der Waals surface area contributed by atoms with Crippen LogP contribution in [0.1, 0.15) is 24.0 Å². The second kappa shape index (κ2) is 5.21. The lowest BCUT2D eigenvalue weighted by molar-refractivity contribution is -0.136. The van der Waals surface area contributed by atoms with E-state index < -0.39 is 0 Å². The number of carbonyl (C=O) groups is 2. The number of nitrogens with one attached hydrogen (secondary N) is 1. The van der Waals surface area contributed by atoms with Crippen molar-refractivity contribution in [2.24, 2.45) is 5.92 Å². The normalized spacial score (nSPS) is 19.6. The van der Waals surface area contributed by atoms with Gasteiger partial charge in [-0.1, -0.05) is 6.07 Å². The number of benzene rings is 1. The lowest BCUT2D eigenvalue weighted by Crippen LogP contribution is -2.41. The summed E-state index contributed by atoms with van der Waals surface area (Å²) in [7, 11) is 1.63. The van der Waals surface area contributed by atoms with E-state index in [1.165, 1.54) is 0 Å². The molecule has 2 rings (SSSR count). The Bertz CT molecular complexity index is 482. The van der Waals surface area contributed by atoms with E-state index in [1.807, 2.05) is 25.1 Å². The summed E-state index contributed by atoms with van der Waals surface area (Å²) in [4.78, 5) is 22.8. The van der Waals surface area contributed by atoms with E-state index in [-0.39, 0.29) is 17.7 Å². The summed E-state index contributed by atoms with van der Waals surface area (Å²) in [5.41, 5.74) is 2.24. The van der Waals surface area contributed by atoms with Crippen molar-refractivity contribution in [3.8, 4) is 5.75 Å². The highest BCUT2D eigenvalue weighted by Crippen LogP contribution is 2.23. The van der Waals surface area contributed by atoms with E-state index in [0.717, 1.165) is 16.9 Å². The maximum absolute atomic E-state index is 11.7. The van der Waals surface area contributed by atoms with Crippen LogP contribution in [-0.2, 0) is 16.0 Å². The number of rotatable bonds is 3. The number of methoxy groups -OCH3 is 1. The zero-order chi connectivity index (χ0) is 13.1. The summed E-state index contributed by atoms with van der Waals surface area (Å²) in [5, 5.41) is 2.39. The van der Waals surface area contributed by atoms with E-state index >= 15 is 0 Å². The molecule has 1 aliphatic heterocycles. The first-order valence-electron chi connectivity index (χ1n) is 6.07. The number of ether oxygens (including phenoxy) is 1. The number of piperidine rings is 1. The third-order valence-corrected chi connectivity index (χ3v) is 3.37. The van der Waals surface area contributed by atoms with E-state index in [2.05, 4.69) is 5.32 Å². The quantitative estimate of drug-likeness (QED) is 0.825. The number of imide groups is 1. The second-order valence-corrected chi connectivity index (χ2v) is 4.64. The highest BCUT2D eigenvalue weighted by Gasteiger charge is 2.26. The van der Waals surface area contributed by atoms with Gasteiger partial charge in [-0.05, 0) is 43.0 Å². The molecule has 2 amide bonds. The van der Waals surface area contributed by atoms with Gasteiger partial charge in [-0.25, -0.2) is 0 Å². The van der Waals surface area contributed by atoms with Gasteiger partial charge in [0.25, 0.3) is 0 Å². The zero-order valence-corrected chi connectivity index (χ0v) is 10.7. The molecular weight excluding hydrogens is 230 g/mol. The van der Waals surface area contributed by atoms with Crippen LogP contribution in [0.3, 0.4) is 0 Å². The van der Waals surface area contributed by atoms with Crippen LogP contribution in [0.25, 0.3) is 0 Å². The smallest absolute Gasteiger partial charge is 0.230 e. The van der Waals surface area contributed by atoms with Gasteiger partial charge >= 0.3 is 0 Å². The molecule has 18 heavy (non-hydrogen) atoms. The van der Waals surface area contributed by atoms with Gasteiger partial charge in [-0.15, -0.1) is 0 Å². The van der Waals surface area contributed by atoms with Gasteiger partial charge in [-0.3, -0.25) is 14.9 Å². The van der Waals surface area contributed by atoms with Gasteiger partial charge < -0.3 is 4.74 Å². The van der Waals surface area contributed by atoms with Crippen molar-refractivity contribution in [3.05, 3.63) is 29.3 Å². The first-order valence-corrected chi connectivity index (χ1v) is 6.07. The molecule has 1 aromatic rings. The van der Waals surface area contributed by atoms with Crippen molar-refractivity contribution in [3.63, 3.8) is 0 Å². The molecule has 1 aliphatic rings. The van der Waals surface area contributed by atoms with Crippen LogP contribution >= 0.6 is 0 Å². The van der Waals surface area contributed by atoms with Gasteiger partial charge in [0.15, 0.2) is 0 Å². The van der Waals surface area contributed by atoms with E-state index in [4.69, 9.17) is 4.74 Å². The Morgan fingerprint density at radius 3 is 2.78 bits per heavy atom. The Labute approximate surface area is 106 Å². The van der Waals surface area contributed by atoms with Gasteiger partial charge in [0.05, 0.1) is 7.11 Å². The fourth-order valence-corrected chi connectivity index (χ4v) is 2.22. The van der Waals surface area contributed by atoms with Crippen LogP contribution in [0.4, 0.5) is 0 Å². The van der Waals surface area contributed by atoms with Gasteiger partial charge in [0.2, 0.25) is 11.8 Å². The molecule has 1 heterocycles. The van der Waals surface area contributed by atoms with Crippen molar-refractivity contribution in [1.29, 1.82) is 0 Å². The maximum Gasteiger partial charge on any atom is 0.230 e. The minimum Gasteiger partial charge on any atom is -0.497 e. The van der Waals surface area contributed by atoms with Crippen LogP contribution in [0, 0.1) is 12.8 Å². The van der Waals surface area contributed by atoms with Gasteiger partial charge in [0, 0.05) is 12.3 Å².